The number of likely N-dealkylation sites (tertiary alicyclic amines) is 1. The quantitative estimate of drug-likeness (QED) is 0.809. The molecule has 2 aromatic rings. The van der Waals surface area contributed by atoms with Gasteiger partial charge in [0.15, 0.2) is 0 Å². The summed E-state index contributed by atoms with van der Waals surface area (Å²) >= 11 is 0. The van der Waals surface area contributed by atoms with E-state index < -0.39 is 0 Å². The van der Waals surface area contributed by atoms with E-state index in [0.717, 1.165) is 6.54 Å². The molecule has 3 rings (SSSR count). The second kappa shape index (κ2) is 4.33. The largest absolute Gasteiger partial charge is 0.472 e. The zero-order chi connectivity index (χ0) is 12.5. The summed E-state index contributed by atoms with van der Waals surface area (Å²) in [5.74, 6) is 0.555. The Kier molecular flexibility index (Phi) is 2.67. The van der Waals surface area contributed by atoms with E-state index >= 15 is 0 Å². The van der Waals surface area contributed by atoms with Crippen LogP contribution in [0.3, 0.4) is 0 Å². The van der Waals surface area contributed by atoms with E-state index in [0.29, 0.717) is 11.5 Å². The maximum atomic E-state index is 12.3. The van der Waals surface area contributed by atoms with Crippen molar-refractivity contribution in [3.05, 3.63) is 60.1 Å². The van der Waals surface area contributed by atoms with Crippen molar-refractivity contribution in [2.75, 3.05) is 6.54 Å². The van der Waals surface area contributed by atoms with E-state index in [1.54, 1.807) is 6.07 Å². The Morgan fingerprint density at radius 2 is 2.06 bits per heavy atom. The number of furan rings is 1. The van der Waals surface area contributed by atoms with E-state index in [2.05, 4.69) is 19.1 Å². The summed E-state index contributed by atoms with van der Waals surface area (Å²) in [7, 11) is 0. The fourth-order valence-electron chi connectivity index (χ4n) is 2.61. The molecular weight excluding hydrogens is 226 g/mol. The third-order valence-electron chi connectivity index (χ3n) is 3.53. The molecule has 1 fully saturated rings. The van der Waals surface area contributed by atoms with E-state index in [9.17, 15) is 4.79 Å². The summed E-state index contributed by atoms with van der Waals surface area (Å²) in [5.41, 5.74) is 1.83. The zero-order valence-electron chi connectivity index (χ0n) is 10.2. The first-order chi connectivity index (χ1) is 8.77. The molecule has 3 heteroatoms. The van der Waals surface area contributed by atoms with Crippen LogP contribution in [0.25, 0.3) is 0 Å². The smallest absolute Gasteiger partial charge is 0.257 e. The predicted octanol–water partition coefficient (Wildman–Crippen LogP) is 3.11. The highest BCUT2D eigenvalue weighted by Gasteiger charge is 2.40. The monoisotopic (exact) mass is 241 g/mol. The van der Waals surface area contributed by atoms with Gasteiger partial charge in [-0.05, 0) is 17.5 Å². The van der Waals surface area contributed by atoms with E-state index in [1.165, 1.54) is 18.1 Å². The first-order valence-corrected chi connectivity index (χ1v) is 6.15. The lowest BCUT2D eigenvalue weighted by Crippen LogP contribution is -2.51. The van der Waals surface area contributed by atoms with Crippen LogP contribution in [0.5, 0.6) is 0 Å². The van der Waals surface area contributed by atoms with Crippen LogP contribution in [-0.4, -0.2) is 17.4 Å². The van der Waals surface area contributed by atoms with Crippen molar-refractivity contribution < 1.29 is 9.21 Å². The molecule has 0 radical (unpaired) electrons. The van der Waals surface area contributed by atoms with Gasteiger partial charge in [0.2, 0.25) is 0 Å². The van der Waals surface area contributed by atoms with Crippen LogP contribution >= 0.6 is 0 Å². The van der Waals surface area contributed by atoms with Crippen molar-refractivity contribution in [3.8, 4) is 0 Å². The van der Waals surface area contributed by atoms with Gasteiger partial charge >= 0.3 is 0 Å². The molecule has 18 heavy (non-hydrogen) atoms. The third-order valence-corrected chi connectivity index (χ3v) is 3.53. The molecule has 2 heterocycles. The van der Waals surface area contributed by atoms with Crippen LogP contribution in [0.2, 0.25) is 0 Å². The lowest BCUT2D eigenvalue weighted by Gasteiger charge is -2.47. The SMILES string of the molecule is CC1CN(C(=O)c2ccoc2)C1c1ccccc1. The van der Waals surface area contributed by atoms with Gasteiger partial charge in [0.05, 0.1) is 17.9 Å². The summed E-state index contributed by atoms with van der Waals surface area (Å²) in [4.78, 5) is 14.2. The molecule has 0 spiro atoms. The van der Waals surface area contributed by atoms with Crippen LogP contribution in [-0.2, 0) is 0 Å². The highest BCUT2D eigenvalue weighted by atomic mass is 16.3. The summed E-state index contributed by atoms with van der Waals surface area (Å²) < 4.78 is 4.97. The number of rotatable bonds is 2. The van der Waals surface area contributed by atoms with Gasteiger partial charge < -0.3 is 9.32 Å². The van der Waals surface area contributed by atoms with E-state index in [4.69, 9.17) is 4.42 Å². The van der Waals surface area contributed by atoms with Crippen LogP contribution in [0, 0.1) is 5.92 Å². The molecule has 3 nitrogen and oxygen atoms in total. The van der Waals surface area contributed by atoms with Crippen LogP contribution in [0.4, 0.5) is 0 Å². The molecule has 1 aromatic carbocycles. The third kappa shape index (κ3) is 1.72. The van der Waals surface area contributed by atoms with Gasteiger partial charge in [0.25, 0.3) is 5.91 Å². The van der Waals surface area contributed by atoms with E-state index in [-0.39, 0.29) is 11.9 Å². The molecule has 0 aliphatic carbocycles. The first kappa shape index (κ1) is 11.1. The molecule has 1 saturated heterocycles. The minimum absolute atomic E-state index is 0.0516. The van der Waals surface area contributed by atoms with Crippen molar-refractivity contribution >= 4 is 5.91 Å². The molecule has 2 atom stereocenters. The fourth-order valence-corrected chi connectivity index (χ4v) is 2.61. The summed E-state index contributed by atoms with van der Waals surface area (Å²) in [6, 6.07) is 12.1. The number of hydrogen-bond acceptors (Lipinski definition) is 2. The van der Waals surface area contributed by atoms with Gasteiger partial charge in [-0.25, -0.2) is 0 Å². The second-order valence-electron chi connectivity index (χ2n) is 4.80. The highest BCUT2D eigenvalue weighted by Crippen LogP contribution is 2.39. The number of nitrogens with zero attached hydrogens (tertiary/aromatic N) is 1. The summed E-state index contributed by atoms with van der Waals surface area (Å²) in [5, 5.41) is 0. The maximum absolute atomic E-state index is 12.3. The van der Waals surface area contributed by atoms with Crippen molar-refractivity contribution in [3.63, 3.8) is 0 Å². The molecule has 1 aliphatic heterocycles. The highest BCUT2D eigenvalue weighted by molar-refractivity contribution is 5.94. The van der Waals surface area contributed by atoms with Crippen molar-refractivity contribution in [1.82, 2.24) is 4.90 Å². The number of amides is 1. The van der Waals surface area contributed by atoms with Crippen LogP contribution in [0.1, 0.15) is 28.9 Å². The van der Waals surface area contributed by atoms with Crippen molar-refractivity contribution in [2.24, 2.45) is 5.92 Å². The van der Waals surface area contributed by atoms with Gasteiger partial charge in [-0.2, -0.15) is 0 Å². The molecule has 0 bridgehead atoms. The minimum Gasteiger partial charge on any atom is -0.472 e. The molecule has 1 amide bonds. The van der Waals surface area contributed by atoms with Crippen LogP contribution in [0.15, 0.2) is 53.3 Å². The molecule has 0 N–H and O–H groups in total. The zero-order valence-corrected chi connectivity index (χ0v) is 10.2. The summed E-state index contributed by atoms with van der Waals surface area (Å²) in [6.45, 7) is 2.99. The Morgan fingerprint density at radius 3 is 2.67 bits per heavy atom. The minimum atomic E-state index is 0.0516. The Morgan fingerprint density at radius 1 is 1.28 bits per heavy atom. The average Bonchev–Trinajstić information content (AvgIpc) is 2.90. The number of carbonyl (C=O) groups excluding carboxylic acids is 1. The Labute approximate surface area is 106 Å². The lowest BCUT2D eigenvalue weighted by atomic mass is 9.84. The van der Waals surface area contributed by atoms with Gasteiger partial charge in [0.1, 0.15) is 6.26 Å². The number of hydrogen-bond donors (Lipinski definition) is 0. The predicted molar refractivity (Wildman–Crippen MR) is 68.1 cm³/mol. The average molecular weight is 241 g/mol. The van der Waals surface area contributed by atoms with Gasteiger partial charge in [0, 0.05) is 6.54 Å². The molecule has 1 aliphatic rings. The molecule has 2 unspecified atom stereocenters. The fraction of sp³-hybridized carbons (Fsp3) is 0.267. The van der Waals surface area contributed by atoms with Gasteiger partial charge in [-0.1, -0.05) is 37.3 Å². The normalized spacial score (nSPS) is 22.6. The lowest BCUT2D eigenvalue weighted by molar-refractivity contribution is 0.0197. The van der Waals surface area contributed by atoms with Crippen molar-refractivity contribution in [2.45, 2.75) is 13.0 Å². The standard InChI is InChI=1S/C15H15NO2/c1-11-9-16(15(17)13-7-8-18-10-13)14(11)12-5-3-2-4-6-12/h2-8,10-11,14H,9H2,1H3. The molecule has 0 saturated carbocycles. The van der Waals surface area contributed by atoms with Crippen LogP contribution < -0.4 is 0 Å². The number of carbonyl (C=O) groups is 1. The summed E-state index contributed by atoms with van der Waals surface area (Å²) in [6.07, 6.45) is 3.04. The Bertz CT molecular complexity index is 533. The second-order valence-corrected chi connectivity index (χ2v) is 4.80. The topological polar surface area (TPSA) is 33.5 Å². The van der Waals surface area contributed by atoms with E-state index in [1.807, 2.05) is 23.1 Å². The van der Waals surface area contributed by atoms with Crippen molar-refractivity contribution in [1.29, 1.82) is 0 Å². The maximum Gasteiger partial charge on any atom is 0.257 e. The Balaban J connectivity index is 1.84. The van der Waals surface area contributed by atoms with Gasteiger partial charge in [-0.3, -0.25) is 4.79 Å². The molecule has 92 valence electrons. The Hall–Kier alpha value is -2.03. The number of benzene rings is 1. The molecular formula is C15H15NO2. The van der Waals surface area contributed by atoms with Gasteiger partial charge in [-0.15, -0.1) is 0 Å². The first-order valence-electron chi connectivity index (χ1n) is 6.15. The molecule has 1 aromatic heterocycles.